The van der Waals surface area contributed by atoms with Crippen molar-refractivity contribution in [2.45, 2.75) is 86.4 Å². The van der Waals surface area contributed by atoms with Gasteiger partial charge in [0.05, 0.1) is 47.8 Å². The lowest BCUT2D eigenvalue weighted by Crippen LogP contribution is -2.51. The van der Waals surface area contributed by atoms with E-state index in [1.807, 2.05) is 68.5 Å². The molecular weight excluding hydrogens is 764 g/mol. The fraction of sp³-hybridized carbons (Fsp3) is 0.595. The van der Waals surface area contributed by atoms with Gasteiger partial charge < -0.3 is 42.9 Å². The number of carboxylic acid groups (broad SMARTS) is 1. The molecule has 2 amide bonds. The first-order valence-electron chi connectivity index (χ1n) is 18.0. The Morgan fingerprint density at radius 2 is 1.82 bits per heavy atom. The maximum atomic E-state index is 13.1. The average Bonchev–Trinajstić information content (AvgIpc) is 3.45. The number of morpholine rings is 1. The van der Waals surface area contributed by atoms with Crippen LogP contribution in [-0.4, -0.2) is 126 Å². The van der Waals surface area contributed by atoms with Crippen LogP contribution in [0.1, 0.15) is 51.6 Å². The molecule has 18 heteroatoms. The second kappa shape index (κ2) is 18.9. The summed E-state index contributed by atoms with van der Waals surface area (Å²) in [5, 5.41) is 17.7. The number of ether oxygens (including phenoxy) is 3. The number of nitrogens with one attached hydrogen (secondary N) is 1. The first-order valence-corrected chi connectivity index (χ1v) is 21.2. The molecule has 2 atom stereocenters. The lowest BCUT2D eigenvalue weighted by molar-refractivity contribution is -0.115. The highest BCUT2D eigenvalue weighted by molar-refractivity contribution is 6.33. The van der Waals surface area contributed by atoms with E-state index in [0.717, 1.165) is 11.1 Å². The third-order valence-electron chi connectivity index (χ3n) is 9.33. The first-order chi connectivity index (χ1) is 25.9. The molecule has 0 aliphatic carbocycles. The highest BCUT2D eigenvalue weighted by Crippen LogP contribution is 2.38. The Balaban J connectivity index is 1.71. The third-order valence-corrected chi connectivity index (χ3v) is 10.6. The molecule has 55 heavy (non-hydrogen) atoms. The summed E-state index contributed by atoms with van der Waals surface area (Å²) in [6.07, 6.45) is -2.00. The topological polar surface area (TPSA) is 171 Å². The second-order valence-corrected chi connectivity index (χ2v) is 16.7. The van der Waals surface area contributed by atoms with Crippen LogP contribution in [0, 0.1) is 32.1 Å². The molecule has 1 fully saturated rings. The minimum Gasteiger partial charge on any atom is -0.493 e. The Morgan fingerprint density at radius 3 is 2.42 bits per heavy atom. The monoisotopic (exact) mass is 816 g/mol. The molecule has 2 aromatic heterocycles. The van der Waals surface area contributed by atoms with E-state index in [-0.39, 0.29) is 51.7 Å². The summed E-state index contributed by atoms with van der Waals surface area (Å²) >= 11 is 6.85. The van der Waals surface area contributed by atoms with Crippen molar-refractivity contribution in [2.24, 2.45) is 11.3 Å². The Hall–Kier alpha value is -3.75. The number of aryl methyl sites for hydroxylation is 2. The molecule has 300 valence electrons. The quantitative estimate of drug-likeness (QED) is 0.115. The van der Waals surface area contributed by atoms with Crippen LogP contribution >= 0.6 is 11.6 Å². The van der Waals surface area contributed by atoms with Gasteiger partial charge in [0, 0.05) is 49.1 Å². The van der Waals surface area contributed by atoms with Crippen LogP contribution in [0.3, 0.4) is 0 Å². The van der Waals surface area contributed by atoms with Crippen LogP contribution < -0.4 is 10.1 Å². The van der Waals surface area contributed by atoms with Crippen LogP contribution in [0.25, 0.3) is 22.6 Å². The lowest BCUT2D eigenvalue weighted by Gasteiger charge is -2.41. The summed E-state index contributed by atoms with van der Waals surface area (Å²) in [4.78, 5) is 37.8. The fourth-order valence-electron chi connectivity index (χ4n) is 6.11. The predicted octanol–water partition coefficient (Wildman–Crippen LogP) is 6.75. The smallest absolute Gasteiger partial charge is 0.410 e. The summed E-state index contributed by atoms with van der Waals surface area (Å²) in [7, 11) is 2.09. The molecule has 1 unspecified atom stereocenters. The Kier molecular flexibility index (Phi) is 15.1. The summed E-state index contributed by atoms with van der Waals surface area (Å²) in [5.41, 5.74) is 1.94. The third kappa shape index (κ3) is 11.2. The zero-order chi connectivity index (χ0) is 40.7. The van der Waals surface area contributed by atoms with Crippen LogP contribution in [0.5, 0.6) is 5.75 Å². The molecule has 15 nitrogen and oxygen atoms in total. The summed E-state index contributed by atoms with van der Waals surface area (Å²) < 4.78 is 35.4. The molecule has 1 saturated heterocycles. The molecule has 3 aromatic rings. The number of rotatable bonds is 16. The summed E-state index contributed by atoms with van der Waals surface area (Å²) in [6, 6.07) is 4.84. The Bertz CT molecular complexity index is 1760. The lowest BCUT2D eigenvalue weighted by atomic mass is 9.78. The van der Waals surface area contributed by atoms with Gasteiger partial charge in [0.25, 0.3) is 0 Å². The highest BCUT2D eigenvalue weighted by atomic mass is 35.5. The van der Waals surface area contributed by atoms with Crippen LogP contribution in [0.15, 0.2) is 22.7 Å². The van der Waals surface area contributed by atoms with Gasteiger partial charge in [-0.15, -0.1) is 0 Å². The van der Waals surface area contributed by atoms with Crippen molar-refractivity contribution >= 4 is 49.1 Å². The van der Waals surface area contributed by atoms with Gasteiger partial charge in [0.1, 0.15) is 29.2 Å². The van der Waals surface area contributed by atoms with Gasteiger partial charge in [-0.05, 0) is 72.8 Å². The van der Waals surface area contributed by atoms with E-state index in [4.69, 9.17) is 49.2 Å². The van der Waals surface area contributed by atoms with Crippen molar-refractivity contribution in [1.82, 2.24) is 24.9 Å². The molecule has 3 heterocycles. The number of benzene rings is 1. The van der Waals surface area contributed by atoms with Crippen molar-refractivity contribution in [3.63, 3.8) is 0 Å². The van der Waals surface area contributed by atoms with Crippen LogP contribution in [-0.2, 0) is 18.3 Å². The molecule has 4 radical (unpaired) electrons. The Morgan fingerprint density at radius 1 is 1.13 bits per heavy atom. The van der Waals surface area contributed by atoms with Gasteiger partial charge in [0.2, 0.25) is 19.5 Å². The maximum absolute atomic E-state index is 13.1. The van der Waals surface area contributed by atoms with E-state index in [1.54, 1.807) is 30.1 Å². The first kappa shape index (κ1) is 44.0. The van der Waals surface area contributed by atoms with Gasteiger partial charge in [0.15, 0.2) is 5.82 Å². The molecular formula is C37H53ClN6O9Si2. The molecule has 1 aliphatic rings. The van der Waals surface area contributed by atoms with Crippen molar-refractivity contribution in [2.75, 3.05) is 51.8 Å². The van der Waals surface area contributed by atoms with Gasteiger partial charge in [-0.2, -0.15) is 0 Å². The SMILES string of the molecule is C[Si]OC(O[Si]C)C(C)(C)[C@@H](COc1ccc(Cl)c(-c2nc(NCC3COCCN3C(=O)O)c(C)c(-c3c(C)noc3C)n2)c1)CN(C)C(=O)OC(C)(C)C. The minimum absolute atomic E-state index is 0.193. The van der Waals surface area contributed by atoms with Crippen LogP contribution in [0.2, 0.25) is 18.1 Å². The Labute approximate surface area is 333 Å². The number of halogens is 1. The summed E-state index contributed by atoms with van der Waals surface area (Å²) in [5.74, 6) is 1.62. The molecule has 0 bridgehead atoms. The molecule has 1 aromatic carbocycles. The van der Waals surface area contributed by atoms with E-state index < -0.39 is 35.5 Å². The molecule has 4 rings (SSSR count). The number of amides is 2. The van der Waals surface area contributed by atoms with E-state index in [0.29, 0.717) is 58.3 Å². The normalized spacial score (nSPS) is 15.6. The standard InChI is InChI=1S/C37H53ClN6O9Si2/c1-21-30(29-22(2)42-51-23(29)3)40-32(41-31(21)39-17-25-20-48-15-14-44(25)34(45)46)27-16-26(12-13-28(27)38)49-19-24(18-43(9)35(47)50-36(4,5)6)37(7,8)33(52-54-10)53-55-11/h12-13,16,24-25,33H,14-15,17-20H2,1-11H3,(H,45,46)(H,39,40,41)/t24-,25?/m1/s1. The number of carbonyl (C=O) groups is 2. The van der Waals surface area contributed by atoms with E-state index in [2.05, 4.69) is 10.5 Å². The van der Waals surface area contributed by atoms with Crippen molar-refractivity contribution in [1.29, 1.82) is 0 Å². The molecule has 1 aliphatic heterocycles. The number of carbonyl (C=O) groups excluding carboxylic acids is 1. The number of nitrogens with zero attached hydrogens (tertiary/aromatic N) is 5. The number of anilines is 1. The number of aromatic nitrogens is 3. The van der Waals surface area contributed by atoms with E-state index >= 15 is 0 Å². The fourth-order valence-corrected chi connectivity index (χ4v) is 7.54. The average molecular weight is 817 g/mol. The van der Waals surface area contributed by atoms with Gasteiger partial charge in [-0.1, -0.05) is 30.6 Å². The van der Waals surface area contributed by atoms with Crippen molar-refractivity contribution in [3.05, 3.63) is 40.2 Å². The van der Waals surface area contributed by atoms with E-state index in [9.17, 15) is 14.7 Å². The van der Waals surface area contributed by atoms with Crippen LogP contribution in [0.4, 0.5) is 15.4 Å². The van der Waals surface area contributed by atoms with Gasteiger partial charge in [-0.3, -0.25) is 4.90 Å². The number of hydrogen-bond acceptors (Lipinski definition) is 12. The zero-order valence-electron chi connectivity index (χ0n) is 33.5. The van der Waals surface area contributed by atoms with E-state index in [1.165, 1.54) is 4.90 Å². The number of hydrogen-bond donors (Lipinski definition) is 2. The molecule has 0 spiro atoms. The van der Waals surface area contributed by atoms with Gasteiger partial charge >= 0.3 is 12.2 Å². The minimum atomic E-state index is -1.01. The maximum Gasteiger partial charge on any atom is 0.410 e. The highest BCUT2D eigenvalue weighted by Gasteiger charge is 2.41. The zero-order valence-corrected chi connectivity index (χ0v) is 36.3. The largest absolute Gasteiger partial charge is 0.493 e. The van der Waals surface area contributed by atoms with Crippen molar-refractivity contribution in [3.8, 4) is 28.4 Å². The second-order valence-electron chi connectivity index (χ2n) is 15.0. The summed E-state index contributed by atoms with van der Waals surface area (Å²) in [6.45, 7) is 20.6. The molecule has 0 saturated carbocycles. The predicted molar refractivity (Wildman–Crippen MR) is 211 cm³/mol. The van der Waals surface area contributed by atoms with Gasteiger partial charge in [-0.25, -0.2) is 19.6 Å². The molecule has 2 N–H and O–H groups in total. The van der Waals surface area contributed by atoms with Crippen molar-refractivity contribution < 1.29 is 42.3 Å².